The molecule has 0 aromatic heterocycles. The van der Waals surface area contributed by atoms with Crippen molar-refractivity contribution in [1.82, 2.24) is 5.32 Å². The molecule has 1 atom stereocenters. The van der Waals surface area contributed by atoms with Crippen LogP contribution in [-0.2, 0) is 9.59 Å². The quantitative estimate of drug-likeness (QED) is 0.702. The van der Waals surface area contributed by atoms with Crippen molar-refractivity contribution in [3.05, 3.63) is 0 Å². The van der Waals surface area contributed by atoms with Gasteiger partial charge in [0.05, 0.1) is 0 Å². The molecule has 0 rings (SSSR count). The highest BCUT2D eigenvalue weighted by molar-refractivity contribution is 5.77. The van der Waals surface area contributed by atoms with E-state index in [2.05, 4.69) is 26.1 Å². The number of carbonyl (C=O) groups is 2. The van der Waals surface area contributed by atoms with Crippen LogP contribution in [0.1, 0.15) is 60.3 Å². The Morgan fingerprint density at radius 1 is 1.22 bits per heavy atom. The molecule has 0 saturated carbocycles. The summed E-state index contributed by atoms with van der Waals surface area (Å²) in [6.45, 7) is 10.1. The minimum atomic E-state index is -0.828. The summed E-state index contributed by atoms with van der Waals surface area (Å²) in [6.07, 6.45) is 2.07. The third kappa shape index (κ3) is 9.02. The molecule has 0 radical (unpaired) electrons. The fraction of sp³-hybridized carbons (Fsp3) is 0.857. The molecule has 0 aliphatic rings. The molecule has 0 heterocycles. The molecule has 2 N–H and O–H groups in total. The largest absolute Gasteiger partial charge is 0.481 e. The Bertz CT molecular complexity index is 285. The van der Waals surface area contributed by atoms with Gasteiger partial charge in [0, 0.05) is 18.4 Å². The van der Waals surface area contributed by atoms with Crippen LogP contribution in [0.4, 0.5) is 0 Å². The number of carbonyl (C=O) groups excluding carboxylic acids is 1. The number of rotatable bonds is 8. The predicted molar refractivity (Wildman–Crippen MR) is 72.3 cm³/mol. The van der Waals surface area contributed by atoms with Gasteiger partial charge in [0.15, 0.2) is 0 Å². The second-order valence-electron chi connectivity index (χ2n) is 6.26. The highest BCUT2D eigenvalue weighted by atomic mass is 16.4. The summed E-state index contributed by atoms with van der Waals surface area (Å²) in [6, 6.07) is 0. The fourth-order valence-corrected chi connectivity index (χ4v) is 2.11. The maximum absolute atomic E-state index is 11.8. The molecule has 1 unspecified atom stereocenters. The summed E-state index contributed by atoms with van der Waals surface area (Å²) in [7, 11) is 0. The summed E-state index contributed by atoms with van der Waals surface area (Å²) >= 11 is 0. The SMILES string of the molecule is CC(C)CC(C)CC(=O)NC(C)(C)CCC(=O)O. The molecule has 18 heavy (non-hydrogen) atoms. The van der Waals surface area contributed by atoms with E-state index in [-0.39, 0.29) is 12.3 Å². The van der Waals surface area contributed by atoms with Gasteiger partial charge in [-0.3, -0.25) is 9.59 Å². The molecule has 106 valence electrons. The van der Waals surface area contributed by atoms with Crippen LogP contribution in [0.5, 0.6) is 0 Å². The zero-order valence-electron chi connectivity index (χ0n) is 12.2. The molecular formula is C14H27NO3. The van der Waals surface area contributed by atoms with Crippen LogP contribution in [0.15, 0.2) is 0 Å². The summed E-state index contributed by atoms with van der Waals surface area (Å²) < 4.78 is 0. The maximum atomic E-state index is 11.8. The normalized spacial score (nSPS) is 13.4. The lowest BCUT2D eigenvalue weighted by molar-refractivity contribution is -0.137. The maximum Gasteiger partial charge on any atom is 0.303 e. The predicted octanol–water partition coefficient (Wildman–Crippen LogP) is 2.82. The first-order chi connectivity index (χ1) is 8.12. The molecule has 0 bridgehead atoms. The second-order valence-corrected chi connectivity index (χ2v) is 6.26. The van der Waals surface area contributed by atoms with Crippen molar-refractivity contribution >= 4 is 11.9 Å². The van der Waals surface area contributed by atoms with Crippen LogP contribution in [0.3, 0.4) is 0 Å². The fourth-order valence-electron chi connectivity index (χ4n) is 2.11. The second kappa shape index (κ2) is 7.39. The number of hydrogen-bond acceptors (Lipinski definition) is 2. The molecule has 0 aliphatic heterocycles. The van der Waals surface area contributed by atoms with E-state index in [9.17, 15) is 9.59 Å². The van der Waals surface area contributed by atoms with Gasteiger partial charge in [-0.1, -0.05) is 20.8 Å². The van der Waals surface area contributed by atoms with Crippen molar-refractivity contribution in [2.45, 2.75) is 65.8 Å². The molecule has 0 aromatic carbocycles. The molecule has 0 saturated heterocycles. The minimum Gasteiger partial charge on any atom is -0.481 e. The molecule has 1 amide bonds. The van der Waals surface area contributed by atoms with Crippen LogP contribution in [0.25, 0.3) is 0 Å². The first kappa shape index (κ1) is 16.9. The zero-order valence-corrected chi connectivity index (χ0v) is 12.2. The summed E-state index contributed by atoms with van der Waals surface area (Å²) in [4.78, 5) is 22.4. The molecule has 4 heteroatoms. The first-order valence-corrected chi connectivity index (χ1v) is 6.65. The number of carboxylic acids is 1. The highest BCUT2D eigenvalue weighted by Crippen LogP contribution is 2.16. The van der Waals surface area contributed by atoms with E-state index in [1.165, 1.54) is 0 Å². The monoisotopic (exact) mass is 257 g/mol. The van der Waals surface area contributed by atoms with E-state index in [0.717, 1.165) is 6.42 Å². The summed E-state index contributed by atoms with van der Waals surface area (Å²) in [5, 5.41) is 11.6. The Morgan fingerprint density at radius 2 is 1.78 bits per heavy atom. The van der Waals surface area contributed by atoms with E-state index < -0.39 is 11.5 Å². The van der Waals surface area contributed by atoms with Crippen molar-refractivity contribution < 1.29 is 14.7 Å². The van der Waals surface area contributed by atoms with Crippen molar-refractivity contribution in [1.29, 1.82) is 0 Å². The number of amides is 1. The van der Waals surface area contributed by atoms with Crippen LogP contribution < -0.4 is 5.32 Å². The Labute approximate surface area is 110 Å². The van der Waals surface area contributed by atoms with Gasteiger partial charge >= 0.3 is 5.97 Å². The van der Waals surface area contributed by atoms with Crippen LogP contribution in [-0.4, -0.2) is 22.5 Å². The van der Waals surface area contributed by atoms with Gasteiger partial charge in [-0.25, -0.2) is 0 Å². The average molecular weight is 257 g/mol. The zero-order chi connectivity index (χ0) is 14.3. The number of hydrogen-bond donors (Lipinski definition) is 2. The van der Waals surface area contributed by atoms with Crippen LogP contribution >= 0.6 is 0 Å². The number of nitrogens with one attached hydrogen (secondary N) is 1. The standard InChI is InChI=1S/C14H27NO3/c1-10(2)8-11(3)9-12(16)15-14(4,5)7-6-13(17)18/h10-11H,6-9H2,1-5H3,(H,15,16)(H,17,18). The van der Waals surface area contributed by atoms with Gasteiger partial charge < -0.3 is 10.4 Å². The van der Waals surface area contributed by atoms with Gasteiger partial charge in [-0.05, 0) is 38.5 Å². The molecule has 0 aliphatic carbocycles. The first-order valence-electron chi connectivity index (χ1n) is 6.65. The van der Waals surface area contributed by atoms with Crippen molar-refractivity contribution in [3.63, 3.8) is 0 Å². The van der Waals surface area contributed by atoms with Crippen molar-refractivity contribution in [2.24, 2.45) is 11.8 Å². The summed E-state index contributed by atoms with van der Waals surface area (Å²) in [5.74, 6) is 0.136. The van der Waals surface area contributed by atoms with E-state index in [1.54, 1.807) is 0 Å². The van der Waals surface area contributed by atoms with Crippen LogP contribution in [0, 0.1) is 11.8 Å². The Morgan fingerprint density at radius 3 is 2.22 bits per heavy atom. The smallest absolute Gasteiger partial charge is 0.303 e. The summed E-state index contributed by atoms with van der Waals surface area (Å²) in [5.41, 5.74) is -0.451. The molecule has 0 aromatic rings. The van der Waals surface area contributed by atoms with Crippen molar-refractivity contribution in [2.75, 3.05) is 0 Å². The molecule has 4 nitrogen and oxygen atoms in total. The van der Waals surface area contributed by atoms with E-state index >= 15 is 0 Å². The van der Waals surface area contributed by atoms with Gasteiger partial charge in [-0.15, -0.1) is 0 Å². The lowest BCUT2D eigenvalue weighted by Crippen LogP contribution is -2.44. The van der Waals surface area contributed by atoms with Gasteiger partial charge in [0.25, 0.3) is 0 Å². The third-order valence-electron chi connectivity index (χ3n) is 2.85. The lowest BCUT2D eigenvalue weighted by Gasteiger charge is -2.26. The average Bonchev–Trinajstić information content (AvgIpc) is 2.11. The topological polar surface area (TPSA) is 66.4 Å². The lowest BCUT2D eigenvalue weighted by atomic mass is 9.94. The molecular weight excluding hydrogens is 230 g/mol. The Kier molecular flexibility index (Phi) is 6.96. The Balaban J connectivity index is 4.09. The van der Waals surface area contributed by atoms with E-state index in [1.807, 2.05) is 13.8 Å². The minimum absolute atomic E-state index is 0.0125. The van der Waals surface area contributed by atoms with Gasteiger partial charge in [0.2, 0.25) is 5.91 Å². The Hall–Kier alpha value is -1.06. The third-order valence-corrected chi connectivity index (χ3v) is 2.85. The van der Waals surface area contributed by atoms with E-state index in [0.29, 0.717) is 24.7 Å². The van der Waals surface area contributed by atoms with E-state index in [4.69, 9.17) is 5.11 Å². The molecule has 0 fully saturated rings. The molecule has 0 spiro atoms. The van der Waals surface area contributed by atoms with Gasteiger partial charge in [-0.2, -0.15) is 0 Å². The highest BCUT2D eigenvalue weighted by Gasteiger charge is 2.22. The van der Waals surface area contributed by atoms with Crippen LogP contribution in [0.2, 0.25) is 0 Å². The number of carboxylic acid groups (broad SMARTS) is 1. The number of aliphatic carboxylic acids is 1. The van der Waals surface area contributed by atoms with Crippen molar-refractivity contribution in [3.8, 4) is 0 Å². The van der Waals surface area contributed by atoms with Gasteiger partial charge in [0.1, 0.15) is 0 Å².